The molecule has 1 saturated heterocycles. The van der Waals surface area contributed by atoms with Gasteiger partial charge in [-0.1, -0.05) is 13.8 Å². The molecule has 0 aliphatic carbocycles. The summed E-state index contributed by atoms with van der Waals surface area (Å²) in [6.45, 7) is 10.8. The third-order valence-electron chi connectivity index (χ3n) is 2.01. The maximum Gasteiger partial charge on any atom is 0.170 e. The molecule has 1 heterocycles. The molecule has 1 rings (SSSR count). The molecule has 1 fully saturated rings. The molecule has 0 aromatic carbocycles. The maximum atomic E-state index is 5.46. The van der Waals surface area contributed by atoms with Gasteiger partial charge in [0.25, 0.3) is 0 Å². The first-order chi connectivity index (χ1) is 6.22. The summed E-state index contributed by atoms with van der Waals surface area (Å²) < 4.78 is 10.9. The monoisotopic (exact) mass is 186 g/mol. The molecule has 0 aromatic rings. The Morgan fingerprint density at radius 3 is 2.92 bits per heavy atom. The second-order valence-corrected chi connectivity index (χ2v) is 3.70. The van der Waals surface area contributed by atoms with Gasteiger partial charge in [-0.25, -0.2) is 0 Å². The standard InChI is InChI=1S/C10H20NO2/c1-4-12-10-8-11(5-6-13-10)7-9(2)3/h10H,4-8H2,1-3H3. The average Bonchev–Trinajstić information content (AvgIpc) is 2.04. The van der Waals surface area contributed by atoms with E-state index in [2.05, 4.69) is 18.7 Å². The zero-order chi connectivity index (χ0) is 9.68. The number of ether oxygens (including phenoxy) is 2. The van der Waals surface area contributed by atoms with Crippen LogP contribution in [0.25, 0.3) is 0 Å². The van der Waals surface area contributed by atoms with E-state index < -0.39 is 0 Å². The smallest absolute Gasteiger partial charge is 0.170 e. The molecule has 0 aromatic heterocycles. The van der Waals surface area contributed by atoms with Gasteiger partial charge in [-0.3, -0.25) is 4.90 Å². The van der Waals surface area contributed by atoms with Crippen LogP contribution in [-0.2, 0) is 9.47 Å². The lowest BCUT2D eigenvalue weighted by atomic mass is 10.2. The third-order valence-corrected chi connectivity index (χ3v) is 2.01. The molecule has 3 heteroatoms. The van der Waals surface area contributed by atoms with Crippen molar-refractivity contribution in [1.82, 2.24) is 4.90 Å². The molecule has 0 bridgehead atoms. The van der Waals surface area contributed by atoms with Crippen LogP contribution >= 0.6 is 0 Å². The number of hydrogen-bond acceptors (Lipinski definition) is 3. The van der Waals surface area contributed by atoms with Crippen LogP contribution < -0.4 is 0 Å². The molecule has 1 aliphatic rings. The molecule has 1 radical (unpaired) electrons. The van der Waals surface area contributed by atoms with Crippen LogP contribution in [0.3, 0.4) is 0 Å². The van der Waals surface area contributed by atoms with Gasteiger partial charge in [0.2, 0.25) is 0 Å². The van der Waals surface area contributed by atoms with Gasteiger partial charge in [0.1, 0.15) is 0 Å². The van der Waals surface area contributed by atoms with Gasteiger partial charge < -0.3 is 9.47 Å². The van der Waals surface area contributed by atoms with E-state index in [4.69, 9.17) is 9.47 Å². The van der Waals surface area contributed by atoms with Crippen molar-refractivity contribution in [2.45, 2.75) is 27.1 Å². The molecule has 0 amide bonds. The predicted molar refractivity (Wildman–Crippen MR) is 52.4 cm³/mol. The van der Waals surface area contributed by atoms with Gasteiger partial charge >= 0.3 is 0 Å². The van der Waals surface area contributed by atoms with Gasteiger partial charge in [-0.2, -0.15) is 0 Å². The topological polar surface area (TPSA) is 21.7 Å². The number of morpholine rings is 1. The molecule has 1 unspecified atom stereocenters. The summed E-state index contributed by atoms with van der Waals surface area (Å²) in [5.41, 5.74) is 0. The first-order valence-electron chi connectivity index (χ1n) is 4.97. The Labute approximate surface area is 81.0 Å². The minimum Gasteiger partial charge on any atom is -0.352 e. The Balaban J connectivity index is 2.24. The van der Waals surface area contributed by atoms with Crippen LogP contribution in [0, 0.1) is 5.92 Å². The molecule has 77 valence electrons. The zero-order valence-electron chi connectivity index (χ0n) is 8.88. The van der Waals surface area contributed by atoms with Crippen LogP contribution in [0.2, 0.25) is 0 Å². The highest BCUT2D eigenvalue weighted by Crippen LogP contribution is 2.09. The minimum atomic E-state index is -0.0156. The van der Waals surface area contributed by atoms with E-state index in [1.54, 1.807) is 0 Å². The normalized spacial score (nSPS) is 25.4. The minimum absolute atomic E-state index is 0.0156. The van der Waals surface area contributed by atoms with Crippen molar-refractivity contribution in [3.63, 3.8) is 0 Å². The Bertz CT molecular complexity index is 137. The van der Waals surface area contributed by atoms with E-state index in [0.717, 1.165) is 32.8 Å². The molecule has 13 heavy (non-hydrogen) atoms. The molecular formula is C10H20NO2. The van der Waals surface area contributed by atoms with E-state index in [-0.39, 0.29) is 6.29 Å². The van der Waals surface area contributed by atoms with Crippen LogP contribution in [0.1, 0.15) is 20.8 Å². The summed E-state index contributed by atoms with van der Waals surface area (Å²) >= 11 is 0. The Hall–Kier alpha value is -0.120. The van der Waals surface area contributed by atoms with Gasteiger partial charge in [0, 0.05) is 26.2 Å². The van der Waals surface area contributed by atoms with Crippen LogP contribution in [0.5, 0.6) is 0 Å². The largest absolute Gasteiger partial charge is 0.352 e. The van der Waals surface area contributed by atoms with Crippen LogP contribution in [-0.4, -0.2) is 44.0 Å². The van der Waals surface area contributed by atoms with E-state index >= 15 is 0 Å². The quantitative estimate of drug-likeness (QED) is 0.660. The number of rotatable bonds is 4. The van der Waals surface area contributed by atoms with E-state index in [0.29, 0.717) is 0 Å². The first kappa shape index (κ1) is 11.0. The molecule has 1 atom stereocenters. The van der Waals surface area contributed by atoms with Crippen molar-refractivity contribution in [2.75, 3.05) is 32.8 Å². The SMILES string of the molecule is CCOC1CN(C[C](C)C)CCO1. The molecule has 0 spiro atoms. The second-order valence-electron chi connectivity index (χ2n) is 3.70. The van der Waals surface area contributed by atoms with Gasteiger partial charge in [-0.15, -0.1) is 0 Å². The highest BCUT2D eigenvalue weighted by molar-refractivity contribution is 4.83. The highest BCUT2D eigenvalue weighted by atomic mass is 16.7. The van der Waals surface area contributed by atoms with Crippen LogP contribution in [0.4, 0.5) is 0 Å². The van der Waals surface area contributed by atoms with Crippen molar-refractivity contribution < 1.29 is 9.47 Å². The lowest BCUT2D eigenvalue weighted by molar-refractivity contribution is -0.176. The third kappa shape index (κ3) is 4.07. The highest BCUT2D eigenvalue weighted by Gasteiger charge is 2.20. The Morgan fingerprint density at radius 1 is 1.54 bits per heavy atom. The first-order valence-corrected chi connectivity index (χ1v) is 4.97. The second kappa shape index (κ2) is 5.58. The van der Waals surface area contributed by atoms with Gasteiger partial charge in [0.15, 0.2) is 6.29 Å². The summed E-state index contributed by atoms with van der Waals surface area (Å²) in [7, 11) is 0. The summed E-state index contributed by atoms with van der Waals surface area (Å²) in [5, 5.41) is 0. The maximum absolute atomic E-state index is 5.46. The van der Waals surface area contributed by atoms with Crippen molar-refractivity contribution in [3.05, 3.63) is 5.92 Å². The van der Waals surface area contributed by atoms with Gasteiger partial charge in [0.05, 0.1) is 6.61 Å². The fourth-order valence-corrected chi connectivity index (χ4v) is 1.55. The number of hydrogen-bond donors (Lipinski definition) is 0. The summed E-state index contributed by atoms with van der Waals surface area (Å²) in [6, 6.07) is 0. The predicted octanol–water partition coefficient (Wildman–Crippen LogP) is 1.30. The van der Waals surface area contributed by atoms with Crippen molar-refractivity contribution in [1.29, 1.82) is 0 Å². The van der Waals surface area contributed by atoms with Crippen LogP contribution in [0.15, 0.2) is 0 Å². The Kier molecular flexibility index (Phi) is 4.70. The van der Waals surface area contributed by atoms with Gasteiger partial charge in [-0.05, 0) is 12.8 Å². The fraction of sp³-hybridized carbons (Fsp3) is 0.900. The lowest BCUT2D eigenvalue weighted by Gasteiger charge is -2.33. The molecule has 3 nitrogen and oxygen atoms in total. The number of nitrogens with zero attached hydrogens (tertiary/aromatic N) is 1. The van der Waals surface area contributed by atoms with Crippen molar-refractivity contribution in [3.8, 4) is 0 Å². The zero-order valence-corrected chi connectivity index (χ0v) is 8.88. The molecular weight excluding hydrogens is 166 g/mol. The molecule has 0 saturated carbocycles. The van der Waals surface area contributed by atoms with E-state index in [1.165, 1.54) is 5.92 Å². The van der Waals surface area contributed by atoms with Crippen molar-refractivity contribution >= 4 is 0 Å². The Morgan fingerprint density at radius 2 is 2.31 bits per heavy atom. The summed E-state index contributed by atoms with van der Waals surface area (Å²) in [6.07, 6.45) is -0.0156. The summed E-state index contributed by atoms with van der Waals surface area (Å²) in [4.78, 5) is 2.37. The van der Waals surface area contributed by atoms with Crippen molar-refractivity contribution in [2.24, 2.45) is 0 Å². The average molecular weight is 186 g/mol. The molecule has 1 aliphatic heterocycles. The lowest BCUT2D eigenvalue weighted by Crippen LogP contribution is -2.44. The molecule has 0 N–H and O–H groups in total. The van der Waals surface area contributed by atoms with E-state index in [1.807, 2.05) is 6.92 Å². The fourth-order valence-electron chi connectivity index (χ4n) is 1.55. The summed E-state index contributed by atoms with van der Waals surface area (Å²) in [5.74, 6) is 1.44. The van der Waals surface area contributed by atoms with E-state index in [9.17, 15) is 0 Å².